The lowest BCUT2D eigenvalue weighted by molar-refractivity contribution is -0.385. The smallest absolute Gasteiger partial charge is 0.258 e. The molecular formula is C9H7ClF3NO2. The lowest BCUT2D eigenvalue weighted by Crippen LogP contribution is -2.10. The van der Waals surface area contributed by atoms with Crippen LogP contribution in [0.5, 0.6) is 0 Å². The van der Waals surface area contributed by atoms with Gasteiger partial charge in [0.2, 0.25) is 0 Å². The molecule has 0 spiro atoms. The first-order chi connectivity index (χ1) is 7.27. The first-order valence-electron chi connectivity index (χ1n) is 4.18. The number of hydrogen-bond donors (Lipinski definition) is 0. The van der Waals surface area contributed by atoms with Crippen LogP contribution in [0.3, 0.4) is 0 Å². The average molecular weight is 254 g/mol. The van der Waals surface area contributed by atoms with Crippen molar-refractivity contribution in [2.75, 3.05) is 0 Å². The Morgan fingerprint density at radius 1 is 1.44 bits per heavy atom. The molecule has 0 saturated heterocycles. The Morgan fingerprint density at radius 3 is 2.38 bits per heavy atom. The van der Waals surface area contributed by atoms with E-state index in [2.05, 4.69) is 0 Å². The number of rotatable bonds is 2. The number of aryl methyl sites for hydroxylation is 1. The molecule has 0 aliphatic heterocycles. The summed E-state index contributed by atoms with van der Waals surface area (Å²) in [6, 6.07) is 1.58. The van der Waals surface area contributed by atoms with E-state index in [0.29, 0.717) is 6.07 Å². The van der Waals surface area contributed by atoms with Crippen LogP contribution in [0.2, 0.25) is 0 Å². The molecular weight excluding hydrogens is 247 g/mol. The molecule has 0 radical (unpaired) electrons. The van der Waals surface area contributed by atoms with Crippen molar-refractivity contribution in [1.82, 2.24) is 0 Å². The molecule has 88 valence electrons. The van der Waals surface area contributed by atoms with Gasteiger partial charge >= 0.3 is 6.18 Å². The minimum absolute atomic E-state index is 0.125. The van der Waals surface area contributed by atoms with Crippen LogP contribution in [-0.2, 0) is 12.1 Å². The molecule has 7 heteroatoms. The molecule has 16 heavy (non-hydrogen) atoms. The number of hydrogen-bond acceptors (Lipinski definition) is 2. The van der Waals surface area contributed by atoms with E-state index in [1.165, 1.54) is 6.92 Å². The minimum atomic E-state index is -4.64. The molecule has 0 saturated carbocycles. The highest BCUT2D eigenvalue weighted by atomic mass is 35.5. The Morgan fingerprint density at radius 2 is 2.00 bits per heavy atom. The van der Waals surface area contributed by atoms with Crippen LogP contribution < -0.4 is 0 Å². The van der Waals surface area contributed by atoms with Crippen molar-refractivity contribution in [2.24, 2.45) is 0 Å². The van der Waals surface area contributed by atoms with Crippen LogP contribution in [0.15, 0.2) is 12.1 Å². The van der Waals surface area contributed by atoms with Gasteiger partial charge in [-0.05, 0) is 18.1 Å². The predicted molar refractivity (Wildman–Crippen MR) is 52.4 cm³/mol. The maximum Gasteiger partial charge on any atom is 0.416 e. The third kappa shape index (κ3) is 2.44. The number of non-ortho nitro benzene ring substituents is 1. The highest BCUT2D eigenvalue weighted by Crippen LogP contribution is 2.36. The highest BCUT2D eigenvalue weighted by Gasteiger charge is 2.35. The van der Waals surface area contributed by atoms with Crippen molar-refractivity contribution in [2.45, 2.75) is 19.0 Å². The van der Waals surface area contributed by atoms with E-state index < -0.39 is 22.4 Å². The zero-order chi connectivity index (χ0) is 12.5. The summed E-state index contributed by atoms with van der Waals surface area (Å²) in [6.45, 7) is 1.36. The zero-order valence-corrected chi connectivity index (χ0v) is 8.89. The SMILES string of the molecule is Cc1cc([N+](=O)[O-])cc(C(F)(F)F)c1CCl. The van der Waals surface area contributed by atoms with Gasteiger partial charge in [0.15, 0.2) is 0 Å². The second kappa shape index (κ2) is 4.29. The summed E-state index contributed by atoms with van der Waals surface area (Å²) in [5.41, 5.74) is -1.59. The van der Waals surface area contributed by atoms with Crippen LogP contribution >= 0.6 is 11.6 Å². The topological polar surface area (TPSA) is 43.1 Å². The molecule has 1 aromatic rings. The Labute approximate surface area is 94.0 Å². The van der Waals surface area contributed by atoms with E-state index in [0.717, 1.165) is 6.07 Å². The van der Waals surface area contributed by atoms with Gasteiger partial charge in [-0.2, -0.15) is 13.2 Å². The van der Waals surface area contributed by atoms with Crippen molar-refractivity contribution >= 4 is 17.3 Å². The molecule has 0 fully saturated rings. The highest BCUT2D eigenvalue weighted by molar-refractivity contribution is 6.17. The molecule has 0 N–H and O–H groups in total. The second-order valence-electron chi connectivity index (χ2n) is 3.18. The van der Waals surface area contributed by atoms with Crippen LogP contribution in [0.4, 0.5) is 18.9 Å². The van der Waals surface area contributed by atoms with Crippen LogP contribution in [-0.4, -0.2) is 4.92 Å². The molecule has 0 aliphatic rings. The Hall–Kier alpha value is -1.30. The summed E-state index contributed by atoms with van der Waals surface area (Å²) in [5, 5.41) is 10.4. The maximum absolute atomic E-state index is 12.6. The van der Waals surface area contributed by atoms with E-state index in [1.54, 1.807) is 0 Å². The van der Waals surface area contributed by atoms with Gasteiger partial charge in [-0.15, -0.1) is 11.6 Å². The summed E-state index contributed by atoms with van der Waals surface area (Å²) < 4.78 is 37.7. The molecule has 0 unspecified atom stereocenters. The molecule has 0 aromatic heterocycles. The molecule has 0 amide bonds. The largest absolute Gasteiger partial charge is 0.416 e. The quantitative estimate of drug-likeness (QED) is 0.459. The molecule has 1 rings (SSSR count). The van der Waals surface area contributed by atoms with Gasteiger partial charge in [-0.25, -0.2) is 0 Å². The van der Waals surface area contributed by atoms with Crippen LogP contribution in [0.1, 0.15) is 16.7 Å². The summed E-state index contributed by atoms with van der Waals surface area (Å²) >= 11 is 5.41. The third-order valence-corrected chi connectivity index (χ3v) is 2.37. The first kappa shape index (κ1) is 12.8. The fourth-order valence-electron chi connectivity index (χ4n) is 1.33. The van der Waals surface area contributed by atoms with Crippen molar-refractivity contribution in [3.05, 3.63) is 38.9 Å². The number of nitrogens with zero attached hydrogens (tertiary/aromatic N) is 1. The van der Waals surface area contributed by atoms with Crippen molar-refractivity contribution < 1.29 is 18.1 Å². The van der Waals surface area contributed by atoms with Gasteiger partial charge in [-0.1, -0.05) is 0 Å². The first-order valence-corrected chi connectivity index (χ1v) is 4.72. The standard InChI is InChI=1S/C9H7ClF3NO2/c1-5-2-6(14(15)16)3-8(7(5)4-10)9(11,12)13/h2-3H,4H2,1H3. The monoisotopic (exact) mass is 253 g/mol. The summed E-state index contributed by atoms with van der Waals surface area (Å²) in [4.78, 5) is 9.58. The average Bonchev–Trinajstić information content (AvgIpc) is 2.14. The lowest BCUT2D eigenvalue weighted by atomic mass is 10.0. The van der Waals surface area contributed by atoms with E-state index in [4.69, 9.17) is 11.6 Å². The van der Waals surface area contributed by atoms with Gasteiger partial charge in [0.1, 0.15) is 0 Å². The number of benzene rings is 1. The summed E-state index contributed by atoms with van der Waals surface area (Å²) in [6.07, 6.45) is -4.64. The van der Waals surface area contributed by atoms with Gasteiger partial charge in [0.05, 0.1) is 10.5 Å². The predicted octanol–water partition coefficient (Wildman–Crippen LogP) is 3.66. The molecule has 0 heterocycles. The Kier molecular flexibility index (Phi) is 3.42. The zero-order valence-electron chi connectivity index (χ0n) is 8.14. The molecule has 3 nitrogen and oxygen atoms in total. The van der Waals surface area contributed by atoms with Crippen LogP contribution in [0, 0.1) is 17.0 Å². The maximum atomic E-state index is 12.6. The summed E-state index contributed by atoms with van der Waals surface area (Å²) in [5.74, 6) is -0.335. The second-order valence-corrected chi connectivity index (χ2v) is 3.44. The van der Waals surface area contributed by atoms with Gasteiger partial charge in [0, 0.05) is 18.0 Å². The lowest BCUT2D eigenvalue weighted by Gasteiger charge is -2.13. The Balaban J connectivity index is 3.49. The molecule has 0 atom stereocenters. The van der Waals surface area contributed by atoms with Gasteiger partial charge in [-0.3, -0.25) is 10.1 Å². The van der Waals surface area contributed by atoms with Crippen molar-refractivity contribution in [3.8, 4) is 0 Å². The van der Waals surface area contributed by atoms with E-state index >= 15 is 0 Å². The molecule has 1 aromatic carbocycles. The van der Waals surface area contributed by atoms with Gasteiger partial charge < -0.3 is 0 Å². The van der Waals surface area contributed by atoms with Crippen LogP contribution in [0.25, 0.3) is 0 Å². The number of nitro groups is 1. The minimum Gasteiger partial charge on any atom is -0.258 e. The normalized spacial score (nSPS) is 11.6. The number of nitro benzene ring substituents is 1. The molecule has 0 bridgehead atoms. The Bertz CT molecular complexity index is 431. The third-order valence-electron chi connectivity index (χ3n) is 2.11. The fraction of sp³-hybridized carbons (Fsp3) is 0.333. The van der Waals surface area contributed by atoms with E-state index in [1.807, 2.05) is 0 Å². The number of halogens is 4. The van der Waals surface area contributed by atoms with E-state index in [9.17, 15) is 23.3 Å². The van der Waals surface area contributed by atoms with Crippen molar-refractivity contribution in [1.29, 1.82) is 0 Å². The molecule has 0 aliphatic carbocycles. The fourth-order valence-corrected chi connectivity index (χ4v) is 1.69. The summed E-state index contributed by atoms with van der Waals surface area (Å²) in [7, 11) is 0. The van der Waals surface area contributed by atoms with E-state index in [-0.39, 0.29) is 17.0 Å². The number of alkyl halides is 4. The van der Waals surface area contributed by atoms with Gasteiger partial charge in [0.25, 0.3) is 5.69 Å². The van der Waals surface area contributed by atoms with Crippen molar-refractivity contribution in [3.63, 3.8) is 0 Å².